The Balaban J connectivity index is 2.82. The Morgan fingerprint density at radius 3 is 2.62 bits per heavy atom. The fourth-order valence-electron chi connectivity index (χ4n) is 2.12. The number of rotatable bonds is 3. The molecular formula is C14H22N2O4S. The van der Waals surface area contributed by atoms with E-state index in [4.69, 9.17) is 14.7 Å². The maximum atomic E-state index is 12.2. The van der Waals surface area contributed by atoms with E-state index in [1.54, 1.807) is 27.7 Å². The van der Waals surface area contributed by atoms with Gasteiger partial charge in [0, 0.05) is 11.8 Å². The van der Waals surface area contributed by atoms with Crippen molar-refractivity contribution in [3.8, 4) is 5.40 Å². The summed E-state index contributed by atoms with van der Waals surface area (Å²) < 4.78 is 10.4. The lowest BCUT2D eigenvalue weighted by atomic mass is 10.0. The number of carbonyl (C=O) groups is 2. The lowest BCUT2D eigenvalue weighted by molar-refractivity contribution is -0.150. The van der Waals surface area contributed by atoms with Gasteiger partial charge < -0.3 is 9.47 Å². The zero-order valence-corrected chi connectivity index (χ0v) is 13.7. The minimum atomic E-state index is -0.681. The van der Waals surface area contributed by atoms with Gasteiger partial charge in [-0.05, 0) is 52.3 Å². The molecule has 2 atom stereocenters. The van der Waals surface area contributed by atoms with Crippen molar-refractivity contribution in [2.45, 2.75) is 57.4 Å². The molecule has 2 unspecified atom stereocenters. The highest BCUT2D eigenvalue weighted by molar-refractivity contribution is 8.04. The molecular weight excluding hydrogens is 292 g/mol. The molecule has 1 rings (SSSR count). The van der Waals surface area contributed by atoms with E-state index in [-0.39, 0.29) is 11.9 Å². The Labute approximate surface area is 129 Å². The SMILES string of the molecule is CCOC(=O)C1CC(SC#N)CCN1C(=O)OC(C)(C)C. The third-order valence-corrected chi connectivity index (χ3v) is 3.83. The monoisotopic (exact) mass is 314 g/mol. The second-order valence-electron chi connectivity index (χ2n) is 5.80. The molecule has 0 aromatic heterocycles. The number of carbonyl (C=O) groups excluding carboxylic acids is 2. The number of thioether (sulfide) groups is 1. The predicted octanol–water partition coefficient (Wildman–Crippen LogP) is 2.53. The molecule has 0 aromatic rings. The molecule has 1 aliphatic rings. The standard InChI is InChI=1S/C14H22N2O4S/c1-5-19-12(17)11-8-10(21-9-15)6-7-16(11)13(18)20-14(2,3)4/h10-11H,5-8H2,1-4H3. The molecule has 1 saturated heterocycles. The first-order valence-electron chi connectivity index (χ1n) is 6.99. The van der Waals surface area contributed by atoms with Crippen LogP contribution in [-0.2, 0) is 14.3 Å². The number of esters is 1. The Morgan fingerprint density at radius 2 is 2.10 bits per heavy atom. The lowest BCUT2D eigenvalue weighted by Crippen LogP contribution is -2.52. The maximum absolute atomic E-state index is 12.2. The number of thiocyanates is 1. The van der Waals surface area contributed by atoms with Crippen molar-refractivity contribution in [1.82, 2.24) is 4.90 Å². The largest absolute Gasteiger partial charge is 0.464 e. The number of piperidine rings is 1. The number of nitriles is 1. The average Bonchev–Trinajstić information content (AvgIpc) is 2.37. The second-order valence-corrected chi connectivity index (χ2v) is 6.88. The van der Waals surface area contributed by atoms with Gasteiger partial charge in [-0.1, -0.05) is 0 Å². The van der Waals surface area contributed by atoms with E-state index in [0.29, 0.717) is 19.4 Å². The van der Waals surface area contributed by atoms with Gasteiger partial charge in [0.1, 0.15) is 17.0 Å². The summed E-state index contributed by atoms with van der Waals surface area (Å²) in [7, 11) is 0. The van der Waals surface area contributed by atoms with Gasteiger partial charge in [-0.2, -0.15) is 5.26 Å². The lowest BCUT2D eigenvalue weighted by Gasteiger charge is -2.37. The van der Waals surface area contributed by atoms with Gasteiger partial charge in [-0.3, -0.25) is 4.90 Å². The molecule has 21 heavy (non-hydrogen) atoms. The van der Waals surface area contributed by atoms with Crippen LogP contribution in [0.4, 0.5) is 4.79 Å². The van der Waals surface area contributed by atoms with Crippen molar-refractivity contribution >= 4 is 23.8 Å². The number of nitrogens with zero attached hydrogens (tertiary/aromatic N) is 2. The molecule has 6 nitrogen and oxygen atoms in total. The Kier molecular flexibility index (Phi) is 6.34. The first-order valence-corrected chi connectivity index (χ1v) is 7.87. The minimum Gasteiger partial charge on any atom is -0.464 e. The number of ether oxygens (including phenoxy) is 2. The summed E-state index contributed by atoms with van der Waals surface area (Å²) >= 11 is 1.14. The third kappa shape index (κ3) is 5.46. The molecule has 1 fully saturated rings. The number of amides is 1. The highest BCUT2D eigenvalue weighted by Crippen LogP contribution is 2.28. The molecule has 0 saturated carbocycles. The van der Waals surface area contributed by atoms with Crippen LogP contribution in [0, 0.1) is 10.7 Å². The fourth-order valence-corrected chi connectivity index (χ4v) is 2.77. The van der Waals surface area contributed by atoms with Crippen LogP contribution in [0.25, 0.3) is 0 Å². The highest BCUT2D eigenvalue weighted by Gasteiger charge is 2.39. The first kappa shape index (κ1) is 17.6. The zero-order chi connectivity index (χ0) is 16.0. The fraction of sp³-hybridized carbons (Fsp3) is 0.786. The quantitative estimate of drug-likeness (QED) is 0.588. The summed E-state index contributed by atoms with van der Waals surface area (Å²) in [5.41, 5.74) is -0.617. The summed E-state index contributed by atoms with van der Waals surface area (Å²) in [6, 6.07) is -0.681. The smallest absolute Gasteiger partial charge is 0.411 e. The van der Waals surface area contributed by atoms with Gasteiger partial charge in [-0.25, -0.2) is 9.59 Å². The van der Waals surface area contributed by atoms with Crippen molar-refractivity contribution in [3.63, 3.8) is 0 Å². The van der Waals surface area contributed by atoms with Crippen molar-refractivity contribution in [2.24, 2.45) is 0 Å². The molecule has 0 spiro atoms. The van der Waals surface area contributed by atoms with Crippen LogP contribution in [0.1, 0.15) is 40.5 Å². The molecule has 0 bridgehead atoms. The van der Waals surface area contributed by atoms with Crippen LogP contribution in [0.3, 0.4) is 0 Å². The van der Waals surface area contributed by atoms with E-state index in [9.17, 15) is 9.59 Å². The summed E-state index contributed by atoms with van der Waals surface area (Å²) in [5, 5.41) is 10.8. The van der Waals surface area contributed by atoms with E-state index in [1.165, 1.54) is 4.90 Å². The van der Waals surface area contributed by atoms with Crippen LogP contribution in [-0.4, -0.2) is 47.0 Å². The van der Waals surface area contributed by atoms with Gasteiger partial charge in [0.25, 0.3) is 0 Å². The molecule has 1 aliphatic heterocycles. The highest BCUT2D eigenvalue weighted by atomic mass is 32.2. The summed E-state index contributed by atoms with van der Waals surface area (Å²) in [4.78, 5) is 25.7. The van der Waals surface area contributed by atoms with Gasteiger partial charge >= 0.3 is 12.1 Å². The minimum absolute atomic E-state index is 0.0306. The van der Waals surface area contributed by atoms with Crippen molar-refractivity contribution in [3.05, 3.63) is 0 Å². The summed E-state index contributed by atoms with van der Waals surface area (Å²) in [5.74, 6) is -0.438. The molecule has 0 aromatic carbocycles. The van der Waals surface area contributed by atoms with Crippen molar-refractivity contribution in [2.75, 3.05) is 13.2 Å². The maximum Gasteiger partial charge on any atom is 0.411 e. The molecule has 1 amide bonds. The van der Waals surface area contributed by atoms with Crippen LogP contribution in [0.15, 0.2) is 0 Å². The van der Waals surface area contributed by atoms with Crippen LogP contribution in [0.5, 0.6) is 0 Å². The van der Waals surface area contributed by atoms with Crippen molar-refractivity contribution < 1.29 is 19.1 Å². The van der Waals surface area contributed by atoms with E-state index in [2.05, 4.69) is 0 Å². The van der Waals surface area contributed by atoms with E-state index in [1.807, 2.05) is 5.40 Å². The summed E-state index contributed by atoms with van der Waals surface area (Å²) in [6.07, 6.45) is 0.560. The Hall–Kier alpha value is -1.42. The Bertz CT molecular complexity index is 428. The number of hydrogen-bond donors (Lipinski definition) is 0. The van der Waals surface area contributed by atoms with E-state index >= 15 is 0 Å². The molecule has 0 aliphatic carbocycles. The van der Waals surface area contributed by atoms with Crippen LogP contribution < -0.4 is 0 Å². The first-order chi connectivity index (χ1) is 9.78. The van der Waals surface area contributed by atoms with Gasteiger partial charge in [0.05, 0.1) is 6.61 Å². The molecule has 0 N–H and O–H groups in total. The predicted molar refractivity (Wildman–Crippen MR) is 79.6 cm³/mol. The summed E-state index contributed by atoms with van der Waals surface area (Å²) in [6.45, 7) is 7.71. The third-order valence-electron chi connectivity index (χ3n) is 2.96. The van der Waals surface area contributed by atoms with Crippen LogP contribution in [0.2, 0.25) is 0 Å². The number of hydrogen-bond acceptors (Lipinski definition) is 6. The molecule has 0 radical (unpaired) electrons. The molecule has 7 heteroatoms. The molecule has 1 heterocycles. The van der Waals surface area contributed by atoms with Crippen molar-refractivity contribution in [1.29, 1.82) is 5.26 Å². The average molecular weight is 314 g/mol. The van der Waals surface area contributed by atoms with Gasteiger partial charge in [0.2, 0.25) is 0 Å². The van der Waals surface area contributed by atoms with Crippen LogP contribution >= 0.6 is 11.8 Å². The van der Waals surface area contributed by atoms with E-state index in [0.717, 1.165) is 11.8 Å². The van der Waals surface area contributed by atoms with Gasteiger partial charge in [0.15, 0.2) is 0 Å². The zero-order valence-electron chi connectivity index (χ0n) is 12.9. The topological polar surface area (TPSA) is 79.6 Å². The number of likely N-dealkylation sites (tertiary alicyclic amines) is 1. The van der Waals surface area contributed by atoms with Gasteiger partial charge in [-0.15, -0.1) is 0 Å². The Morgan fingerprint density at radius 1 is 1.43 bits per heavy atom. The van der Waals surface area contributed by atoms with E-state index < -0.39 is 23.7 Å². The second kappa shape index (κ2) is 7.55. The molecule has 118 valence electrons. The normalized spacial score (nSPS) is 22.3.